The van der Waals surface area contributed by atoms with Crippen LogP contribution in [-0.2, 0) is 16.0 Å². The highest BCUT2D eigenvalue weighted by Gasteiger charge is 2.11. The van der Waals surface area contributed by atoms with Gasteiger partial charge >= 0.3 is 11.9 Å². The van der Waals surface area contributed by atoms with Crippen molar-refractivity contribution in [2.45, 2.75) is 6.42 Å². The molecule has 1 aromatic heterocycles. The van der Waals surface area contributed by atoms with Gasteiger partial charge in [0.25, 0.3) is 0 Å². The molecule has 0 unspecified atom stereocenters. The van der Waals surface area contributed by atoms with E-state index in [0.717, 1.165) is 16.5 Å². The normalized spacial score (nSPS) is 10.5. The molecule has 0 fully saturated rings. The van der Waals surface area contributed by atoms with Crippen molar-refractivity contribution in [2.24, 2.45) is 0 Å². The van der Waals surface area contributed by atoms with E-state index in [4.69, 9.17) is 4.74 Å². The molecule has 3 rings (SSSR count). The zero-order valence-corrected chi connectivity index (χ0v) is 12.5. The Hall–Kier alpha value is -3.08. The summed E-state index contributed by atoms with van der Waals surface area (Å²) < 4.78 is 9.92. The summed E-state index contributed by atoms with van der Waals surface area (Å²) in [4.78, 5) is 26.5. The van der Waals surface area contributed by atoms with E-state index in [1.54, 1.807) is 24.3 Å². The van der Waals surface area contributed by atoms with E-state index in [1.165, 1.54) is 7.11 Å². The van der Waals surface area contributed by atoms with Crippen molar-refractivity contribution >= 4 is 22.8 Å². The lowest BCUT2D eigenvalue weighted by atomic mass is 10.1. The molecule has 0 saturated heterocycles. The number of esters is 2. The Bertz CT molecular complexity index is 849. The molecule has 23 heavy (non-hydrogen) atoms. The van der Waals surface area contributed by atoms with Gasteiger partial charge in [-0.15, -0.1) is 0 Å². The van der Waals surface area contributed by atoms with Gasteiger partial charge in [0, 0.05) is 17.1 Å². The number of nitrogens with one attached hydrogen (secondary N) is 1. The maximum atomic E-state index is 12.1. The Balaban J connectivity index is 1.68. The number of ether oxygens (including phenoxy) is 2. The summed E-state index contributed by atoms with van der Waals surface area (Å²) in [7, 11) is 1.32. The van der Waals surface area contributed by atoms with Crippen molar-refractivity contribution in [1.82, 2.24) is 4.98 Å². The van der Waals surface area contributed by atoms with E-state index >= 15 is 0 Å². The smallest absolute Gasteiger partial charge is 0.337 e. The number of H-pyrrole nitrogens is 1. The number of benzene rings is 2. The molecule has 0 saturated carbocycles. The van der Waals surface area contributed by atoms with Crippen molar-refractivity contribution in [3.63, 3.8) is 0 Å². The lowest BCUT2D eigenvalue weighted by molar-refractivity contribution is -0.133. The minimum Gasteiger partial charge on any atom is -0.465 e. The van der Waals surface area contributed by atoms with Crippen molar-refractivity contribution in [2.75, 3.05) is 7.11 Å². The van der Waals surface area contributed by atoms with Gasteiger partial charge in [-0.25, -0.2) is 4.79 Å². The molecule has 5 heteroatoms. The number of carbonyl (C=O) groups excluding carboxylic acids is 2. The van der Waals surface area contributed by atoms with Crippen molar-refractivity contribution < 1.29 is 19.1 Å². The third-order valence-electron chi connectivity index (χ3n) is 3.52. The standard InChI is InChI=1S/C18H15NO4/c1-22-18(21)12-6-8-14(9-7-12)23-17(20)10-13-11-19-16-5-3-2-4-15(13)16/h2-9,11,19H,10H2,1H3. The number of hydrogen-bond donors (Lipinski definition) is 1. The van der Waals surface area contributed by atoms with Crippen LogP contribution in [0.1, 0.15) is 15.9 Å². The predicted molar refractivity (Wildman–Crippen MR) is 85.4 cm³/mol. The molecule has 5 nitrogen and oxygen atoms in total. The molecule has 0 radical (unpaired) electrons. The maximum Gasteiger partial charge on any atom is 0.337 e. The summed E-state index contributed by atoms with van der Waals surface area (Å²) in [5, 5.41) is 1.01. The molecular formula is C18H15NO4. The zero-order valence-electron chi connectivity index (χ0n) is 12.5. The van der Waals surface area contributed by atoms with E-state index in [0.29, 0.717) is 11.3 Å². The highest BCUT2D eigenvalue weighted by atomic mass is 16.5. The first-order chi connectivity index (χ1) is 11.2. The number of hydrogen-bond acceptors (Lipinski definition) is 4. The molecule has 3 aromatic rings. The summed E-state index contributed by atoms with van der Waals surface area (Å²) in [6, 6.07) is 14.0. The molecular weight excluding hydrogens is 294 g/mol. The first-order valence-corrected chi connectivity index (χ1v) is 7.11. The van der Waals surface area contributed by atoms with Gasteiger partial charge in [-0.3, -0.25) is 4.79 Å². The van der Waals surface area contributed by atoms with Gasteiger partial charge in [-0.1, -0.05) is 18.2 Å². The fourth-order valence-electron chi connectivity index (χ4n) is 2.38. The minimum absolute atomic E-state index is 0.169. The van der Waals surface area contributed by atoms with E-state index in [-0.39, 0.29) is 12.4 Å². The van der Waals surface area contributed by atoms with Crippen LogP contribution in [0.25, 0.3) is 10.9 Å². The zero-order chi connectivity index (χ0) is 16.2. The van der Waals surface area contributed by atoms with Crippen molar-refractivity contribution in [3.8, 4) is 5.75 Å². The van der Waals surface area contributed by atoms with Gasteiger partial charge in [-0.2, -0.15) is 0 Å². The van der Waals surface area contributed by atoms with Crippen LogP contribution in [0.2, 0.25) is 0 Å². The Labute approximate surface area is 132 Å². The van der Waals surface area contributed by atoms with E-state index < -0.39 is 5.97 Å². The number of carbonyl (C=O) groups is 2. The summed E-state index contributed by atoms with van der Waals surface area (Å²) in [6.07, 6.45) is 1.98. The Morgan fingerprint density at radius 1 is 1.04 bits per heavy atom. The highest BCUT2D eigenvalue weighted by Crippen LogP contribution is 2.19. The minimum atomic E-state index is -0.429. The molecule has 0 bridgehead atoms. The quantitative estimate of drug-likeness (QED) is 0.594. The molecule has 0 aliphatic heterocycles. The lowest BCUT2D eigenvalue weighted by Gasteiger charge is -2.05. The second-order valence-electron chi connectivity index (χ2n) is 5.03. The lowest BCUT2D eigenvalue weighted by Crippen LogP contribution is -2.11. The summed E-state index contributed by atoms with van der Waals surface area (Å²) in [5.41, 5.74) is 2.28. The number of aromatic amines is 1. The van der Waals surface area contributed by atoms with E-state index in [9.17, 15) is 9.59 Å². The first kappa shape index (κ1) is 14.8. The van der Waals surface area contributed by atoms with Crippen LogP contribution in [0, 0.1) is 0 Å². The van der Waals surface area contributed by atoms with Crippen molar-refractivity contribution in [3.05, 3.63) is 65.9 Å². The number of rotatable bonds is 4. The first-order valence-electron chi connectivity index (χ1n) is 7.11. The number of methoxy groups -OCH3 is 1. The molecule has 1 heterocycles. The van der Waals surface area contributed by atoms with Crippen LogP contribution in [0.5, 0.6) is 5.75 Å². The van der Waals surface area contributed by atoms with E-state index in [2.05, 4.69) is 9.72 Å². The fraction of sp³-hybridized carbons (Fsp3) is 0.111. The molecule has 0 aliphatic carbocycles. The van der Waals surface area contributed by atoms with E-state index in [1.807, 2.05) is 30.5 Å². The van der Waals surface area contributed by atoms with Crippen LogP contribution in [0.15, 0.2) is 54.7 Å². The number of para-hydroxylation sites is 1. The van der Waals surface area contributed by atoms with Gasteiger partial charge in [0.1, 0.15) is 5.75 Å². The summed E-state index contributed by atoms with van der Waals surface area (Å²) >= 11 is 0. The molecule has 2 aromatic carbocycles. The van der Waals surface area contributed by atoms with Gasteiger partial charge in [0.2, 0.25) is 0 Å². The average Bonchev–Trinajstić information content (AvgIpc) is 2.98. The molecule has 116 valence electrons. The van der Waals surface area contributed by atoms with Gasteiger partial charge in [0.15, 0.2) is 0 Å². The maximum absolute atomic E-state index is 12.1. The number of fused-ring (bicyclic) bond motifs is 1. The van der Waals surface area contributed by atoms with Crippen LogP contribution in [0.4, 0.5) is 0 Å². The van der Waals surface area contributed by atoms with Crippen molar-refractivity contribution in [1.29, 1.82) is 0 Å². The van der Waals surface area contributed by atoms with Crippen LogP contribution in [0.3, 0.4) is 0 Å². The van der Waals surface area contributed by atoms with Crippen LogP contribution < -0.4 is 4.74 Å². The Morgan fingerprint density at radius 2 is 1.78 bits per heavy atom. The second-order valence-corrected chi connectivity index (χ2v) is 5.03. The molecule has 0 atom stereocenters. The van der Waals surface area contributed by atoms with Gasteiger partial charge in [-0.05, 0) is 35.9 Å². The third kappa shape index (κ3) is 3.23. The van der Waals surface area contributed by atoms with Crippen LogP contribution >= 0.6 is 0 Å². The van der Waals surface area contributed by atoms with Crippen LogP contribution in [-0.4, -0.2) is 24.0 Å². The molecule has 1 N–H and O–H groups in total. The van der Waals surface area contributed by atoms with Gasteiger partial charge < -0.3 is 14.5 Å². The second kappa shape index (κ2) is 6.36. The fourth-order valence-corrected chi connectivity index (χ4v) is 2.38. The molecule has 0 aliphatic rings. The number of aromatic nitrogens is 1. The molecule has 0 amide bonds. The summed E-state index contributed by atoms with van der Waals surface area (Å²) in [6.45, 7) is 0. The Morgan fingerprint density at radius 3 is 2.52 bits per heavy atom. The predicted octanol–water partition coefficient (Wildman–Crippen LogP) is 3.10. The van der Waals surface area contributed by atoms with Gasteiger partial charge in [0.05, 0.1) is 19.1 Å². The SMILES string of the molecule is COC(=O)c1ccc(OC(=O)Cc2c[nH]c3ccccc23)cc1. The highest BCUT2D eigenvalue weighted by molar-refractivity contribution is 5.90. The topological polar surface area (TPSA) is 68.4 Å². The molecule has 0 spiro atoms. The largest absolute Gasteiger partial charge is 0.465 e. The third-order valence-corrected chi connectivity index (χ3v) is 3.52. The Kier molecular flexibility index (Phi) is 4.10. The average molecular weight is 309 g/mol. The summed E-state index contributed by atoms with van der Waals surface area (Å²) in [5.74, 6) is -0.398. The monoisotopic (exact) mass is 309 g/mol.